The minimum atomic E-state index is -5.60. The third-order valence-electron chi connectivity index (χ3n) is 12.4. The van der Waals surface area contributed by atoms with Gasteiger partial charge in [0.15, 0.2) is 60.1 Å². The number of benzene rings is 6. The van der Waals surface area contributed by atoms with E-state index in [1.165, 1.54) is 72.8 Å². The zero-order valence-corrected chi connectivity index (χ0v) is 85.2. The van der Waals surface area contributed by atoms with Gasteiger partial charge in [-0.15, -0.1) is 39.3 Å². The molecule has 0 saturated heterocycles. The summed E-state index contributed by atoms with van der Waals surface area (Å²) in [6.45, 7) is -8.68. The topological polar surface area (TPSA) is 534 Å². The third-order valence-corrected chi connectivity index (χ3v) is 27.2. The lowest BCUT2D eigenvalue weighted by atomic mass is 10.2. The Hall–Kier alpha value is -3.89. The van der Waals surface area contributed by atoms with Crippen molar-refractivity contribution in [1.82, 2.24) is 0 Å². The summed E-state index contributed by atoms with van der Waals surface area (Å²) in [5.74, 6) is -6.35. The fourth-order valence-corrected chi connectivity index (χ4v) is 15.5. The molecule has 0 aliphatic rings. The van der Waals surface area contributed by atoms with Crippen LogP contribution in [0.5, 0.6) is 17.2 Å². The number of carbonyl (C=O) groups excluding carboxylic acids is 6. The molecule has 0 saturated carbocycles. The quantitative estimate of drug-likeness (QED) is 0.00619. The molecule has 0 heterocycles. The first-order valence-electron chi connectivity index (χ1n) is 31.3. The van der Waals surface area contributed by atoms with E-state index in [1.54, 1.807) is 46.9 Å². The van der Waals surface area contributed by atoms with Gasteiger partial charge in [-0.05, 0) is 306 Å². The monoisotopic (exact) mass is 2970 g/mol. The van der Waals surface area contributed by atoms with Gasteiger partial charge < -0.3 is 77.8 Å². The minimum absolute atomic E-state index is 0.146. The molecule has 0 amide bonds. The molecule has 127 heavy (non-hydrogen) atoms. The van der Waals surface area contributed by atoms with E-state index < -0.39 is 208 Å². The molecular formula is C60H46F18I9N7O27S6-6. The maximum Gasteiger partial charge on any atom is 0.480 e. The van der Waals surface area contributed by atoms with Crippen molar-refractivity contribution in [3.63, 3.8) is 0 Å². The Morgan fingerprint density at radius 3 is 0.890 bits per heavy atom. The lowest BCUT2D eigenvalue weighted by Crippen LogP contribution is -2.23. The van der Waals surface area contributed by atoms with Gasteiger partial charge >= 0.3 is 68.9 Å². The molecule has 0 atom stereocenters. The number of hydrogen-bond donors (Lipinski definition) is 4. The predicted octanol–water partition coefficient (Wildman–Crippen LogP) is 16.5. The number of anilines is 1. The second-order valence-electron chi connectivity index (χ2n) is 21.6. The molecule has 0 fully saturated rings. The van der Waals surface area contributed by atoms with E-state index >= 15 is 0 Å². The van der Waals surface area contributed by atoms with Gasteiger partial charge in [0.05, 0.1) is 59.9 Å². The second-order valence-corrected chi connectivity index (χ2v) is 42.4. The molecule has 0 aliphatic heterocycles. The van der Waals surface area contributed by atoms with Crippen LogP contribution in [0.15, 0.2) is 103 Å². The number of carbonyl (C=O) groups is 6. The molecule has 6 rings (SSSR count). The fourth-order valence-electron chi connectivity index (χ4n) is 6.71. The van der Waals surface area contributed by atoms with Crippen LogP contribution in [-0.4, -0.2) is 214 Å². The Kier molecular flexibility index (Phi) is 50.4. The summed E-state index contributed by atoms with van der Waals surface area (Å²) >= 11 is 17.4. The molecule has 0 spiro atoms. The van der Waals surface area contributed by atoms with Gasteiger partial charge in [-0.2, -0.15) is 79.0 Å². The van der Waals surface area contributed by atoms with Crippen LogP contribution in [0, 0.1) is 32.1 Å². The molecule has 714 valence electrons. The van der Waals surface area contributed by atoms with Crippen LogP contribution >= 0.6 is 203 Å². The molecule has 6 aromatic carbocycles. The number of aromatic hydroxyl groups is 3. The maximum atomic E-state index is 12.0. The fraction of sp³-hybridized carbons (Fsp3) is 0.300. The summed E-state index contributed by atoms with van der Waals surface area (Å²) in [6.07, 6.45) is 0. The summed E-state index contributed by atoms with van der Waals surface area (Å²) in [6, 6.07) is 25.0. The first-order chi connectivity index (χ1) is 57.7. The van der Waals surface area contributed by atoms with Crippen LogP contribution in [0.3, 0.4) is 0 Å². The minimum Gasteiger partial charge on any atom is -0.538 e. The molecular weight excluding hydrogens is 2930 g/mol. The first-order valence-corrected chi connectivity index (χ1v) is 49.7. The van der Waals surface area contributed by atoms with E-state index in [4.69, 9.17) is 10.5 Å². The number of ether oxygens (including phenoxy) is 6. The van der Waals surface area contributed by atoms with Crippen molar-refractivity contribution in [2.45, 2.75) is 33.0 Å². The average Bonchev–Trinajstić information content (AvgIpc) is 0.820. The molecule has 67 heteroatoms. The van der Waals surface area contributed by atoms with E-state index in [1.807, 2.05) is 187 Å². The highest BCUT2D eigenvalue weighted by atomic mass is 127. The Labute approximate surface area is 828 Å². The SMILES string of the molecule is Nc1ccc(C(=O)OCC[N-]S(=O)(=O)C(F)(F)F)cc1I.O=C(OCC[N-]S(=O)(=O)C(F)(F)F)c1cc(I)cc(I)c1I.O=C(OCC[N-]S(=O)(=O)C(F)(F)F)c1cc(I)cc(I)c1O.O=C(OCC[N-]S(=O)(=O)C(F)(F)F)c1cc(I)ccc1O.O=C(OCC[N-]S(=O)(=O)C(F)(F)F)c1ccc(I)cc1.O=C(OCC[N-]S(=O)(=O)C(F)(F)F)c1ccc(I)cc1O. The van der Waals surface area contributed by atoms with Crippen molar-refractivity contribution >= 4 is 305 Å². The third kappa shape index (κ3) is 42.7. The van der Waals surface area contributed by atoms with Crippen LogP contribution in [0.2, 0.25) is 0 Å². The van der Waals surface area contributed by atoms with Gasteiger partial charge in [0.25, 0.3) is 0 Å². The largest absolute Gasteiger partial charge is 0.538 e. The van der Waals surface area contributed by atoms with Crippen molar-refractivity contribution in [1.29, 1.82) is 0 Å². The first kappa shape index (κ1) is 121. The van der Waals surface area contributed by atoms with Crippen molar-refractivity contribution in [2.24, 2.45) is 0 Å². The number of rotatable bonds is 30. The van der Waals surface area contributed by atoms with Crippen LogP contribution in [0.1, 0.15) is 62.1 Å². The summed E-state index contributed by atoms with van der Waals surface area (Å²) in [4.78, 5) is 69.6. The smallest absolute Gasteiger partial charge is 0.480 e. The lowest BCUT2D eigenvalue weighted by Gasteiger charge is -2.21. The Morgan fingerprint density at radius 2 is 0.551 bits per heavy atom. The number of alkyl halides is 18. The van der Waals surface area contributed by atoms with Crippen LogP contribution < -0.4 is 5.73 Å². The van der Waals surface area contributed by atoms with Crippen molar-refractivity contribution < 1.29 is 202 Å². The van der Waals surface area contributed by atoms with Crippen LogP contribution in [-0.2, 0) is 88.6 Å². The number of phenols is 3. The number of esters is 6. The molecule has 5 N–H and O–H groups in total. The van der Waals surface area contributed by atoms with E-state index in [0.29, 0.717) is 27.1 Å². The molecule has 0 aliphatic carbocycles. The lowest BCUT2D eigenvalue weighted by molar-refractivity contribution is -0.0433. The summed E-state index contributed by atoms with van der Waals surface area (Å²) in [7, 11) is -33.4. The Balaban J connectivity index is 0.000000762. The van der Waals surface area contributed by atoms with Crippen molar-refractivity contribution in [2.75, 3.05) is 84.6 Å². The standard InChI is InChI=1S/C10H6F3I3NO4S.C10H7F3I2NO5S.C10H9F3IN2O4S.2C10H8F3INO5S.C10H8F3INO4S/c11-10(12,13)22(19,20)17-1-2-21-9(18)6-3-5(14)4-7(15)8(6)16;11-10(12,13)22(19,20)16-1-2-21-9(18)6-3-5(14)4-7(15)8(6)17;11-10(12,13)21(18,19)16-3-4-20-9(17)6-1-2-8(15)7(14)5-6;11-10(12,13)21(18,19)15-3-4-20-9(17)7-5-6(14)1-2-8(7)16;11-10(12,13)21(18,19)15-3-4-20-9(17)7-2-1-6(14)5-8(7)16;11-10(12,13)20(17,18)15-5-6-19-9(16)7-1-3-8(14)4-2-7/h3-4H,1-2H2;3-4H,1-2H2,(H,17,18);1-2,5H,3-4H2,(H2,15,17);2*1-2,5H,3-4H2,(H,16,17);1-4H,5-6H2/q6*-1. The highest BCUT2D eigenvalue weighted by molar-refractivity contribution is 14.1. The van der Waals surface area contributed by atoms with E-state index in [0.717, 1.165) is 10.7 Å². The number of nitrogen functional groups attached to an aromatic ring is 1. The van der Waals surface area contributed by atoms with Crippen LogP contribution in [0.4, 0.5) is 84.7 Å². The van der Waals surface area contributed by atoms with Gasteiger partial charge in [-0.1, -0.05) is 0 Å². The molecule has 34 nitrogen and oxygen atoms in total. The van der Waals surface area contributed by atoms with Gasteiger partial charge in [-0.25, -0.2) is 79.3 Å². The number of nitrogens with zero attached hydrogens (tertiary/aromatic N) is 6. The predicted molar refractivity (Wildman–Crippen MR) is 483 cm³/mol. The Bertz CT molecular complexity index is 5450. The molecule has 0 unspecified atom stereocenters. The van der Waals surface area contributed by atoms with Gasteiger partial charge in [-0.3, -0.25) is 0 Å². The number of sulfonamides is 6. The van der Waals surface area contributed by atoms with Crippen molar-refractivity contribution in [3.8, 4) is 17.2 Å². The van der Waals surface area contributed by atoms with E-state index in [2.05, 4.69) is 52.0 Å². The zero-order valence-electron chi connectivity index (χ0n) is 60.9. The van der Waals surface area contributed by atoms with Gasteiger partial charge in [0.1, 0.15) is 33.9 Å². The van der Waals surface area contributed by atoms with E-state index in [9.17, 15) is 174 Å². The van der Waals surface area contributed by atoms with E-state index in [-0.39, 0.29) is 50.6 Å². The summed E-state index contributed by atoms with van der Waals surface area (Å²) in [5, 5.41) is 28.6. The highest BCUT2D eigenvalue weighted by Crippen LogP contribution is 2.35. The number of phenolic OH excluding ortho intramolecular Hbond substituents is 3. The summed E-state index contributed by atoms with van der Waals surface area (Å²) < 4.78 is 391. The normalized spacial score (nSPS) is 12.2. The molecule has 0 bridgehead atoms. The number of halogens is 27. The maximum absolute atomic E-state index is 12.0. The second kappa shape index (κ2) is 52.8. The van der Waals surface area contributed by atoms with Crippen LogP contribution in [0.25, 0.3) is 28.3 Å². The molecule has 6 aromatic rings. The summed E-state index contributed by atoms with van der Waals surface area (Å²) in [5.41, 5.74) is -26.7. The number of nitrogens with two attached hydrogens (primary N) is 1. The number of hydrogen-bond acceptors (Lipinski definition) is 28. The Morgan fingerprint density at radius 1 is 0.283 bits per heavy atom. The van der Waals surface area contributed by atoms with Gasteiger partial charge in [0.2, 0.25) is 0 Å². The van der Waals surface area contributed by atoms with Crippen molar-refractivity contribution in [3.05, 3.63) is 197 Å². The average molecular weight is 2970 g/mol. The zero-order chi connectivity index (χ0) is 98.4. The highest BCUT2D eigenvalue weighted by Gasteiger charge is 2.43. The molecule has 0 radical (unpaired) electrons. The van der Waals surface area contributed by atoms with Gasteiger partial charge in [0, 0.05) is 34.2 Å². The molecule has 0 aromatic heterocycles.